The van der Waals surface area contributed by atoms with Crippen molar-refractivity contribution in [2.75, 3.05) is 0 Å². The van der Waals surface area contributed by atoms with Crippen molar-refractivity contribution in [3.8, 4) is 11.3 Å². The van der Waals surface area contributed by atoms with E-state index in [0.717, 1.165) is 29.0 Å². The minimum atomic E-state index is -4.49. The first-order chi connectivity index (χ1) is 12.3. The molecule has 8 heteroatoms. The number of amides is 1. The van der Waals surface area contributed by atoms with Gasteiger partial charge in [0.15, 0.2) is 0 Å². The van der Waals surface area contributed by atoms with Gasteiger partial charge in [0.05, 0.1) is 11.3 Å². The van der Waals surface area contributed by atoms with Gasteiger partial charge < -0.3 is 5.32 Å². The fraction of sp³-hybridized carbons (Fsp3) is 0.167. The summed E-state index contributed by atoms with van der Waals surface area (Å²) in [7, 11) is 1.80. The fourth-order valence-electron chi connectivity index (χ4n) is 2.50. The predicted octanol–water partition coefficient (Wildman–Crippen LogP) is 3.43. The zero-order valence-electron chi connectivity index (χ0n) is 13.8. The van der Waals surface area contributed by atoms with E-state index in [4.69, 9.17) is 0 Å². The Morgan fingerprint density at radius 3 is 2.69 bits per heavy atom. The van der Waals surface area contributed by atoms with E-state index in [1.807, 2.05) is 12.1 Å². The van der Waals surface area contributed by atoms with Gasteiger partial charge in [-0.3, -0.25) is 14.5 Å². The number of alkyl halides is 3. The van der Waals surface area contributed by atoms with E-state index >= 15 is 0 Å². The monoisotopic (exact) mass is 360 g/mol. The Kier molecular flexibility index (Phi) is 4.75. The second kappa shape index (κ2) is 6.99. The Labute approximate surface area is 147 Å². The largest absolute Gasteiger partial charge is 0.416 e. The minimum Gasteiger partial charge on any atom is -0.348 e. The van der Waals surface area contributed by atoms with Crippen LogP contribution in [0.1, 0.15) is 21.5 Å². The van der Waals surface area contributed by atoms with Gasteiger partial charge in [0.2, 0.25) is 0 Å². The number of aromatic nitrogens is 3. The summed E-state index contributed by atoms with van der Waals surface area (Å²) in [6.07, 6.45) is 0.441. The van der Waals surface area contributed by atoms with Gasteiger partial charge >= 0.3 is 6.18 Å². The normalized spacial score (nSPS) is 11.4. The van der Waals surface area contributed by atoms with E-state index in [1.54, 1.807) is 30.3 Å². The molecule has 2 aromatic heterocycles. The van der Waals surface area contributed by atoms with Crippen LogP contribution >= 0.6 is 0 Å². The predicted molar refractivity (Wildman–Crippen MR) is 89.1 cm³/mol. The van der Waals surface area contributed by atoms with Crippen LogP contribution in [-0.2, 0) is 19.8 Å². The molecule has 3 aromatic rings. The van der Waals surface area contributed by atoms with Crippen LogP contribution in [0.4, 0.5) is 13.2 Å². The van der Waals surface area contributed by atoms with E-state index in [1.165, 1.54) is 12.1 Å². The van der Waals surface area contributed by atoms with Crippen molar-refractivity contribution in [1.82, 2.24) is 20.1 Å². The van der Waals surface area contributed by atoms with Crippen molar-refractivity contribution >= 4 is 5.91 Å². The van der Waals surface area contributed by atoms with Crippen LogP contribution in [0.25, 0.3) is 11.3 Å². The van der Waals surface area contributed by atoms with Gasteiger partial charge in [-0.2, -0.15) is 18.3 Å². The van der Waals surface area contributed by atoms with Crippen molar-refractivity contribution < 1.29 is 18.0 Å². The highest BCUT2D eigenvalue weighted by atomic mass is 19.4. The number of benzene rings is 1. The Balaban J connectivity index is 1.72. The molecule has 3 rings (SSSR count). The molecule has 0 saturated heterocycles. The molecule has 2 heterocycles. The Bertz CT molecular complexity index is 934. The second-order valence-corrected chi connectivity index (χ2v) is 5.68. The summed E-state index contributed by atoms with van der Waals surface area (Å²) in [5.74, 6) is -0.581. The molecule has 0 atom stereocenters. The van der Waals surface area contributed by atoms with Crippen LogP contribution in [0, 0.1) is 0 Å². The maximum atomic E-state index is 12.7. The molecule has 26 heavy (non-hydrogen) atoms. The molecule has 0 aliphatic carbocycles. The average molecular weight is 360 g/mol. The fourth-order valence-corrected chi connectivity index (χ4v) is 2.50. The third kappa shape index (κ3) is 3.90. The van der Waals surface area contributed by atoms with Crippen molar-refractivity contribution in [2.45, 2.75) is 12.7 Å². The first-order valence-electron chi connectivity index (χ1n) is 7.72. The molecule has 1 aromatic carbocycles. The smallest absolute Gasteiger partial charge is 0.348 e. The zero-order chi connectivity index (χ0) is 18.7. The molecule has 1 amide bonds. The number of aryl methyl sites for hydroxylation is 1. The maximum absolute atomic E-state index is 12.7. The Morgan fingerprint density at radius 1 is 1.19 bits per heavy atom. The summed E-state index contributed by atoms with van der Waals surface area (Å²) < 4.78 is 39.9. The third-order valence-electron chi connectivity index (χ3n) is 3.82. The van der Waals surface area contributed by atoms with Crippen LogP contribution in [0.3, 0.4) is 0 Å². The van der Waals surface area contributed by atoms with Gasteiger partial charge in [0, 0.05) is 43.3 Å². The van der Waals surface area contributed by atoms with Gasteiger partial charge in [0.25, 0.3) is 5.91 Å². The Morgan fingerprint density at radius 2 is 2.00 bits per heavy atom. The number of rotatable bonds is 4. The lowest BCUT2D eigenvalue weighted by Gasteiger charge is -2.10. The molecule has 0 radical (unpaired) electrons. The average Bonchev–Trinajstić information content (AvgIpc) is 3.05. The van der Waals surface area contributed by atoms with E-state index in [2.05, 4.69) is 15.4 Å². The summed E-state index contributed by atoms with van der Waals surface area (Å²) in [5.41, 5.74) is 1.52. The van der Waals surface area contributed by atoms with Crippen LogP contribution < -0.4 is 5.32 Å². The summed E-state index contributed by atoms with van der Waals surface area (Å²) in [4.78, 5) is 16.3. The zero-order valence-corrected chi connectivity index (χ0v) is 13.8. The van der Waals surface area contributed by atoms with Crippen molar-refractivity contribution in [2.24, 2.45) is 7.05 Å². The molecule has 0 bridgehead atoms. The van der Waals surface area contributed by atoms with Gasteiger partial charge in [-0.1, -0.05) is 6.07 Å². The minimum absolute atomic E-state index is 0.0458. The third-order valence-corrected chi connectivity index (χ3v) is 3.82. The molecule has 0 fully saturated rings. The molecule has 0 aliphatic heterocycles. The highest BCUT2D eigenvalue weighted by molar-refractivity contribution is 5.94. The molecule has 0 aliphatic rings. The lowest BCUT2D eigenvalue weighted by atomic mass is 10.1. The van der Waals surface area contributed by atoms with E-state index in [-0.39, 0.29) is 12.1 Å². The van der Waals surface area contributed by atoms with Crippen LogP contribution in [0.5, 0.6) is 0 Å². The van der Waals surface area contributed by atoms with E-state index in [0.29, 0.717) is 0 Å². The molecule has 0 spiro atoms. The van der Waals surface area contributed by atoms with Crippen molar-refractivity contribution in [1.29, 1.82) is 0 Å². The number of carbonyl (C=O) groups is 1. The number of carbonyl (C=O) groups excluding carboxylic acids is 1. The maximum Gasteiger partial charge on any atom is 0.416 e. The first kappa shape index (κ1) is 17.7. The molecular formula is C18H15F3N4O. The number of pyridine rings is 1. The standard InChI is InChI=1S/C18H15F3N4O/c1-25-16(5-6-24-25)14-7-12(9-22-11-14)10-23-17(26)13-3-2-4-15(8-13)18(19,20)21/h2-9,11H,10H2,1H3,(H,23,26). The molecular weight excluding hydrogens is 345 g/mol. The van der Waals surface area contributed by atoms with Gasteiger partial charge in [-0.15, -0.1) is 0 Å². The van der Waals surface area contributed by atoms with Crippen molar-refractivity contribution in [3.63, 3.8) is 0 Å². The SMILES string of the molecule is Cn1nccc1-c1cncc(CNC(=O)c2cccc(C(F)(F)F)c2)c1. The molecule has 5 nitrogen and oxygen atoms in total. The highest BCUT2D eigenvalue weighted by Gasteiger charge is 2.30. The van der Waals surface area contributed by atoms with E-state index < -0.39 is 17.6 Å². The second-order valence-electron chi connectivity index (χ2n) is 5.68. The number of halogens is 3. The number of hydrogen-bond donors (Lipinski definition) is 1. The molecule has 0 unspecified atom stereocenters. The van der Waals surface area contributed by atoms with Gasteiger partial charge in [-0.25, -0.2) is 0 Å². The number of hydrogen-bond acceptors (Lipinski definition) is 3. The highest BCUT2D eigenvalue weighted by Crippen LogP contribution is 2.29. The molecule has 1 N–H and O–H groups in total. The molecule has 0 saturated carbocycles. The van der Waals surface area contributed by atoms with Crippen LogP contribution in [0.2, 0.25) is 0 Å². The van der Waals surface area contributed by atoms with Crippen LogP contribution in [-0.4, -0.2) is 20.7 Å². The van der Waals surface area contributed by atoms with Gasteiger partial charge in [0.1, 0.15) is 0 Å². The summed E-state index contributed by atoms with van der Waals surface area (Å²) in [6, 6.07) is 7.99. The van der Waals surface area contributed by atoms with Crippen molar-refractivity contribution in [3.05, 3.63) is 71.7 Å². The topological polar surface area (TPSA) is 59.8 Å². The van der Waals surface area contributed by atoms with Gasteiger partial charge in [-0.05, 0) is 35.9 Å². The summed E-state index contributed by atoms with van der Waals surface area (Å²) in [6.45, 7) is 0.147. The number of nitrogens with zero attached hydrogens (tertiary/aromatic N) is 3. The Hall–Kier alpha value is -3.16. The lowest BCUT2D eigenvalue weighted by molar-refractivity contribution is -0.137. The van der Waals surface area contributed by atoms with Crippen LogP contribution in [0.15, 0.2) is 55.0 Å². The quantitative estimate of drug-likeness (QED) is 0.775. The summed E-state index contributed by atoms with van der Waals surface area (Å²) in [5, 5.41) is 6.70. The number of nitrogens with one attached hydrogen (secondary N) is 1. The summed E-state index contributed by atoms with van der Waals surface area (Å²) >= 11 is 0. The lowest BCUT2D eigenvalue weighted by Crippen LogP contribution is -2.23. The van der Waals surface area contributed by atoms with E-state index in [9.17, 15) is 18.0 Å². The first-order valence-corrected chi connectivity index (χ1v) is 7.72. The molecule has 134 valence electrons.